The predicted molar refractivity (Wildman–Crippen MR) is 118 cm³/mol. The van der Waals surface area contributed by atoms with E-state index >= 15 is 0 Å². The van der Waals surface area contributed by atoms with Crippen LogP contribution in [0.1, 0.15) is 24.9 Å². The number of fused-ring (bicyclic) bond motifs is 1. The summed E-state index contributed by atoms with van der Waals surface area (Å²) in [6, 6.07) is 15.8. The fraction of sp³-hybridized carbons (Fsp3) is 0.300. The standard InChI is InChI=1S/C20H21ClN4.2ClH/c1-14(17-8-4-6-15-5-2-3-7-18(15)17)24-16-9-12-25(13-16)20-19(21)22-10-11-23-20;;/h2-8,10-11,14,16,24H,9,12-13H2,1H3;2*1H/t14-,16-;;/m1../s1. The van der Waals surface area contributed by atoms with Crippen molar-refractivity contribution in [2.24, 2.45) is 0 Å². The molecule has 1 aliphatic heterocycles. The van der Waals surface area contributed by atoms with Crippen LogP contribution in [0, 0.1) is 0 Å². The minimum atomic E-state index is 0. The molecule has 1 aliphatic rings. The Morgan fingerprint density at radius 2 is 1.81 bits per heavy atom. The normalized spacial score (nSPS) is 17.3. The Hall–Kier alpha value is -1.59. The molecular formula is C20H23Cl3N4. The van der Waals surface area contributed by atoms with Crippen LogP contribution in [0.5, 0.6) is 0 Å². The minimum Gasteiger partial charge on any atom is -0.352 e. The lowest BCUT2D eigenvalue weighted by Crippen LogP contribution is -2.34. The molecule has 0 bridgehead atoms. The highest BCUT2D eigenvalue weighted by Crippen LogP contribution is 2.27. The average Bonchev–Trinajstić information content (AvgIpc) is 3.09. The van der Waals surface area contributed by atoms with Crippen LogP contribution < -0.4 is 10.2 Å². The molecule has 0 saturated carbocycles. The summed E-state index contributed by atoms with van der Waals surface area (Å²) in [6.07, 6.45) is 4.39. The van der Waals surface area contributed by atoms with E-state index in [1.54, 1.807) is 12.4 Å². The Morgan fingerprint density at radius 1 is 1.07 bits per heavy atom. The summed E-state index contributed by atoms with van der Waals surface area (Å²) < 4.78 is 0. The lowest BCUT2D eigenvalue weighted by atomic mass is 9.99. The molecule has 1 aromatic heterocycles. The largest absolute Gasteiger partial charge is 0.352 e. The van der Waals surface area contributed by atoms with Gasteiger partial charge in [0.1, 0.15) is 0 Å². The molecule has 3 aromatic rings. The molecule has 2 aromatic carbocycles. The number of benzene rings is 2. The van der Waals surface area contributed by atoms with Crippen LogP contribution in [-0.2, 0) is 0 Å². The van der Waals surface area contributed by atoms with Gasteiger partial charge >= 0.3 is 0 Å². The van der Waals surface area contributed by atoms with Crippen molar-refractivity contribution in [1.82, 2.24) is 15.3 Å². The molecule has 1 fully saturated rings. The van der Waals surface area contributed by atoms with Crippen LogP contribution in [0.3, 0.4) is 0 Å². The van der Waals surface area contributed by atoms with Gasteiger partial charge in [-0.05, 0) is 29.7 Å². The number of nitrogens with one attached hydrogen (secondary N) is 1. The second-order valence-corrected chi connectivity index (χ2v) is 6.92. The van der Waals surface area contributed by atoms with Crippen molar-refractivity contribution in [2.45, 2.75) is 25.4 Å². The maximum absolute atomic E-state index is 6.18. The van der Waals surface area contributed by atoms with Crippen molar-refractivity contribution in [3.05, 3.63) is 65.6 Å². The molecule has 2 heterocycles. The number of rotatable bonds is 4. The highest BCUT2D eigenvalue weighted by atomic mass is 35.5. The summed E-state index contributed by atoms with van der Waals surface area (Å²) in [5, 5.41) is 6.85. The van der Waals surface area contributed by atoms with Crippen molar-refractivity contribution < 1.29 is 0 Å². The van der Waals surface area contributed by atoms with Gasteiger partial charge in [-0.2, -0.15) is 0 Å². The Labute approximate surface area is 177 Å². The number of hydrogen-bond donors (Lipinski definition) is 1. The van der Waals surface area contributed by atoms with Crippen molar-refractivity contribution in [3.63, 3.8) is 0 Å². The Bertz CT molecular complexity index is 884. The van der Waals surface area contributed by atoms with Crippen LogP contribution in [0.25, 0.3) is 10.8 Å². The smallest absolute Gasteiger partial charge is 0.171 e. The van der Waals surface area contributed by atoms with E-state index in [9.17, 15) is 0 Å². The number of anilines is 1. The first kappa shape index (κ1) is 21.7. The molecule has 4 nitrogen and oxygen atoms in total. The van der Waals surface area contributed by atoms with E-state index in [1.807, 2.05) is 0 Å². The highest BCUT2D eigenvalue weighted by Gasteiger charge is 2.26. The van der Waals surface area contributed by atoms with Gasteiger partial charge in [0.05, 0.1) is 0 Å². The number of nitrogens with zero attached hydrogens (tertiary/aromatic N) is 3. The zero-order valence-corrected chi connectivity index (χ0v) is 17.4. The summed E-state index contributed by atoms with van der Waals surface area (Å²) in [5.74, 6) is 0.784. The van der Waals surface area contributed by atoms with E-state index < -0.39 is 0 Å². The lowest BCUT2D eigenvalue weighted by Gasteiger charge is -2.22. The monoisotopic (exact) mass is 424 g/mol. The SMILES string of the molecule is C[C@@H](N[C@@H]1CCN(c2nccnc2Cl)C1)c1cccc2ccccc12.Cl.Cl. The summed E-state index contributed by atoms with van der Waals surface area (Å²) in [4.78, 5) is 10.7. The molecule has 2 atom stereocenters. The Morgan fingerprint density at radius 3 is 2.63 bits per heavy atom. The number of halogens is 3. The second-order valence-electron chi connectivity index (χ2n) is 6.56. The maximum atomic E-state index is 6.18. The van der Waals surface area contributed by atoms with Crippen molar-refractivity contribution in [1.29, 1.82) is 0 Å². The lowest BCUT2D eigenvalue weighted by molar-refractivity contribution is 0.483. The van der Waals surface area contributed by atoms with Gasteiger partial charge in [0.15, 0.2) is 11.0 Å². The molecule has 27 heavy (non-hydrogen) atoms. The maximum Gasteiger partial charge on any atom is 0.171 e. The third-order valence-corrected chi connectivity index (χ3v) is 5.17. The molecule has 1 saturated heterocycles. The van der Waals surface area contributed by atoms with E-state index in [0.29, 0.717) is 11.2 Å². The van der Waals surface area contributed by atoms with Crippen molar-refractivity contribution in [2.75, 3.05) is 18.0 Å². The van der Waals surface area contributed by atoms with E-state index in [1.165, 1.54) is 16.3 Å². The van der Waals surface area contributed by atoms with Gasteiger partial charge in [0, 0.05) is 37.6 Å². The molecule has 0 aliphatic carbocycles. The molecule has 7 heteroatoms. The fourth-order valence-electron chi connectivity index (χ4n) is 3.69. The van der Waals surface area contributed by atoms with E-state index in [2.05, 4.69) is 69.6 Å². The molecule has 1 N–H and O–H groups in total. The van der Waals surface area contributed by atoms with Crippen LogP contribution in [0.4, 0.5) is 5.82 Å². The van der Waals surface area contributed by atoms with Gasteiger partial charge in [-0.15, -0.1) is 24.8 Å². The first-order valence-corrected chi connectivity index (χ1v) is 9.05. The van der Waals surface area contributed by atoms with Crippen LogP contribution in [0.2, 0.25) is 5.15 Å². The summed E-state index contributed by atoms with van der Waals surface area (Å²) in [6.45, 7) is 4.07. The molecule has 4 rings (SSSR count). The van der Waals surface area contributed by atoms with E-state index in [-0.39, 0.29) is 30.9 Å². The molecule has 0 unspecified atom stereocenters. The third-order valence-electron chi connectivity index (χ3n) is 4.90. The Balaban J connectivity index is 0.00000131. The first-order valence-electron chi connectivity index (χ1n) is 8.67. The predicted octanol–water partition coefficient (Wildman–Crippen LogP) is 5.06. The van der Waals surface area contributed by atoms with Gasteiger partial charge in [-0.1, -0.05) is 54.1 Å². The topological polar surface area (TPSA) is 41.0 Å². The molecular weight excluding hydrogens is 403 g/mol. The zero-order chi connectivity index (χ0) is 17.2. The fourth-order valence-corrected chi connectivity index (χ4v) is 3.91. The number of hydrogen-bond acceptors (Lipinski definition) is 4. The quantitative estimate of drug-likeness (QED) is 0.634. The first-order chi connectivity index (χ1) is 12.2. The van der Waals surface area contributed by atoms with Gasteiger partial charge in [0.2, 0.25) is 0 Å². The zero-order valence-electron chi connectivity index (χ0n) is 15.0. The van der Waals surface area contributed by atoms with Gasteiger partial charge in [0.25, 0.3) is 0 Å². The second kappa shape index (κ2) is 9.56. The van der Waals surface area contributed by atoms with Crippen LogP contribution in [-0.4, -0.2) is 29.1 Å². The van der Waals surface area contributed by atoms with Crippen LogP contribution >= 0.6 is 36.4 Å². The summed E-state index contributed by atoms with van der Waals surface area (Å²) >= 11 is 6.18. The average molecular weight is 426 g/mol. The highest BCUT2D eigenvalue weighted by molar-refractivity contribution is 6.31. The van der Waals surface area contributed by atoms with Gasteiger partial charge in [-0.3, -0.25) is 0 Å². The Kier molecular flexibility index (Phi) is 7.68. The summed E-state index contributed by atoms with van der Waals surface area (Å²) in [5.41, 5.74) is 1.34. The van der Waals surface area contributed by atoms with Crippen molar-refractivity contribution in [3.8, 4) is 0 Å². The minimum absolute atomic E-state index is 0. The molecule has 0 amide bonds. The number of aromatic nitrogens is 2. The molecule has 0 spiro atoms. The van der Waals surface area contributed by atoms with E-state index in [0.717, 1.165) is 25.3 Å². The van der Waals surface area contributed by atoms with Gasteiger partial charge in [-0.25, -0.2) is 9.97 Å². The summed E-state index contributed by atoms with van der Waals surface area (Å²) in [7, 11) is 0. The van der Waals surface area contributed by atoms with Gasteiger partial charge < -0.3 is 10.2 Å². The van der Waals surface area contributed by atoms with Crippen molar-refractivity contribution >= 4 is 53.0 Å². The van der Waals surface area contributed by atoms with Crippen LogP contribution in [0.15, 0.2) is 54.9 Å². The van der Waals surface area contributed by atoms with E-state index in [4.69, 9.17) is 11.6 Å². The third kappa shape index (κ3) is 4.64. The molecule has 144 valence electrons. The molecule has 0 radical (unpaired) electrons.